The maximum absolute atomic E-state index is 14.8. The molecule has 3 atom stereocenters. The number of nitrogens with zero attached hydrogens (tertiary/aromatic N) is 5. The van der Waals surface area contributed by atoms with Gasteiger partial charge in [0.2, 0.25) is 15.7 Å². The van der Waals surface area contributed by atoms with Crippen LogP contribution in [0.2, 0.25) is 0 Å². The van der Waals surface area contributed by atoms with Crippen molar-refractivity contribution in [1.82, 2.24) is 19.8 Å². The second-order valence-corrected chi connectivity index (χ2v) is 15.8. The zero-order chi connectivity index (χ0) is 36.3. The molecule has 4 aliphatic heterocycles. The number of carbonyl (C=O) groups is 1. The van der Waals surface area contributed by atoms with E-state index in [4.69, 9.17) is 19.9 Å². The first kappa shape index (κ1) is 34.1. The van der Waals surface area contributed by atoms with E-state index in [0.29, 0.717) is 36.9 Å². The quantitative estimate of drug-likeness (QED) is 0.176. The predicted molar refractivity (Wildman–Crippen MR) is 191 cm³/mol. The highest BCUT2D eigenvalue weighted by atomic mass is 32.2. The van der Waals surface area contributed by atoms with Crippen molar-refractivity contribution in [3.8, 4) is 11.6 Å². The average molecular weight is 733 g/mol. The number of carbonyl (C=O) groups excluding carboxylic acids is 1. The first-order valence-corrected chi connectivity index (χ1v) is 18.9. The first-order chi connectivity index (χ1) is 25.0. The molecule has 2 saturated heterocycles. The Balaban J connectivity index is 1.19. The van der Waals surface area contributed by atoms with Crippen LogP contribution in [0.4, 0.5) is 22.7 Å². The first-order valence-electron chi connectivity index (χ1n) is 17.4. The van der Waals surface area contributed by atoms with Crippen molar-refractivity contribution in [2.75, 3.05) is 62.8 Å². The molecule has 8 rings (SSSR count). The van der Waals surface area contributed by atoms with Gasteiger partial charge in [-0.2, -0.15) is 4.98 Å². The fourth-order valence-electron chi connectivity index (χ4n) is 7.69. The van der Waals surface area contributed by atoms with Gasteiger partial charge in [0.05, 0.1) is 44.7 Å². The molecule has 17 heteroatoms. The summed E-state index contributed by atoms with van der Waals surface area (Å²) in [6.07, 6.45) is 1.63. The molecule has 4 N–H and O–H groups in total. The van der Waals surface area contributed by atoms with Gasteiger partial charge in [-0.25, -0.2) is 8.42 Å². The monoisotopic (exact) mass is 732 g/mol. The summed E-state index contributed by atoms with van der Waals surface area (Å²) in [7, 11) is -4.56. The molecule has 6 heterocycles. The van der Waals surface area contributed by atoms with Crippen LogP contribution in [0.1, 0.15) is 30.6 Å². The third-order valence-electron chi connectivity index (χ3n) is 10.4. The number of nitrogens with two attached hydrogens (primary N) is 1. The predicted octanol–water partition coefficient (Wildman–Crippen LogP) is 3.29. The second kappa shape index (κ2) is 13.2. The number of pyridine rings is 1. The number of benzene rings is 2. The van der Waals surface area contributed by atoms with Gasteiger partial charge in [-0.1, -0.05) is 6.07 Å². The molecule has 2 aromatic heterocycles. The standard InChI is InChI=1S/C35H40N8O8S/c1-20(2)41-11-9-40(10-12-41)17-22-18-50-28-16-23(15-26(43(45)46)31(28)38-22)52(47,48)30-5-3-4-24(33(36)44)32(30)42-25-7-13-49-19-29(25)51-35-27(42)14-21-6-8-37-34(21)39-35/h3-6,8,14-16,20,22,25,29,38H,7,9-13,17-19H2,1-2H3,(H2,36,44)(H,37,39)/t22-,25-,29-/m0/s1. The van der Waals surface area contributed by atoms with Gasteiger partial charge < -0.3 is 35.1 Å². The van der Waals surface area contributed by atoms with Gasteiger partial charge in [-0.05, 0) is 44.5 Å². The fourth-order valence-corrected chi connectivity index (χ4v) is 9.19. The van der Waals surface area contributed by atoms with Crippen LogP contribution in [0.15, 0.2) is 58.5 Å². The minimum Gasteiger partial charge on any atom is -0.489 e. The number of hydrogen-bond acceptors (Lipinski definition) is 13. The summed E-state index contributed by atoms with van der Waals surface area (Å²) in [4.78, 5) is 38.5. The molecule has 274 valence electrons. The molecule has 0 bridgehead atoms. The number of hydrogen-bond donors (Lipinski definition) is 3. The lowest BCUT2D eigenvalue weighted by Gasteiger charge is -2.45. The van der Waals surface area contributed by atoms with Crippen molar-refractivity contribution in [2.45, 2.75) is 54.3 Å². The number of aromatic nitrogens is 2. The van der Waals surface area contributed by atoms with Crippen molar-refractivity contribution >= 4 is 49.5 Å². The maximum atomic E-state index is 14.8. The van der Waals surface area contributed by atoms with Crippen molar-refractivity contribution < 1.29 is 32.3 Å². The molecule has 16 nitrogen and oxygen atoms in total. The summed E-state index contributed by atoms with van der Waals surface area (Å²) in [5.74, 6) is -0.564. The Labute approximate surface area is 299 Å². The molecule has 0 radical (unpaired) electrons. The zero-order valence-corrected chi connectivity index (χ0v) is 29.6. The summed E-state index contributed by atoms with van der Waals surface area (Å²) in [5.41, 5.74) is 6.62. The van der Waals surface area contributed by atoms with Gasteiger partial charge in [0, 0.05) is 69.1 Å². The van der Waals surface area contributed by atoms with Crippen molar-refractivity contribution in [2.24, 2.45) is 5.73 Å². The molecule has 4 aromatic rings. The van der Waals surface area contributed by atoms with E-state index in [2.05, 4.69) is 38.9 Å². The molecule has 0 aliphatic carbocycles. The molecule has 0 spiro atoms. The zero-order valence-electron chi connectivity index (χ0n) is 28.8. The Kier molecular flexibility index (Phi) is 8.68. The Morgan fingerprint density at radius 2 is 1.94 bits per heavy atom. The number of aromatic amines is 1. The molecule has 52 heavy (non-hydrogen) atoms. The highest BCUT2D eigenvalue weighted by molar-refractivity contribution is 7.91. The lowest BCUT2D eigenvalue weighted by molar-refractivity contribution is -0.384. The van der Waals surface area contributed by atoms with Crippen molar-refractivity contribution in [3.63, 3.8) is 0 Å². The van der Waals surface area contributed by atoms with E-state index in [0.717, 1.165) is 37.6 Å². The Hall–Kier alpha value is -4.97. The fraction of sp³-hybridized carbons (Fsp3) is 0.429. The van der Waals surface area contributed by atoms with Crippen LogP contribution >= 0.6 is 0 Å². The van der Waals surface area contributed by atoms with Gasteiger partial charge in [-0.15, -0.1) is 0 Å². The van der Waals surface area contributed by atoms with E-state index < -0.39 is 38.5 Å². The number of anilines is 3. The Morgan fingerprint density at radius 1 is 1.13 bits per heavy atom. The van der Waals surface area contributed by atoms with E-state index >= 15 is 0 Å². The number of para-hydroxylation sites is 1. The van der Waals surface area contributed by atoms with E-state index in [9.17, 15) is 23.3 Å². The van der Waals surface area contributed by atoms with Gasteiger partial charge in [0.15, 0.2) is 11.4 Å². The van der Waals surface area contributed by atoms with Gasteiger partial charge >= 0.3 is 0 Å². The summed E-state index contributed by atoms with van der Waals surface area (Å²) < 4.78 is 47.7. The van der Waals surface area contributed by atoms with Crippen LogP contribution in [0.5, 0.6) is 11.6 Å². The summed E-state index contributed by atoms with van der Waals surface area (Å²) in [6.45, 7) is 9.32. The maximum Gasteiger partial charge on any atom is 0.297 e. The highest BCUT2D eigenvalue weighted by Crippen LogP contribution is 2.48. The second-order valence-electron chi connectivity index (χ2n) is 13.9. The number of ether oxygens (including phenoxy) is 3. The minimum atomic E-state index is -4.56. The smallest absolute Gasteiger partial charge is 0.297 e. The Morgan fingerprint density at radius 3 is 2.69 bits per heavy atom. The molecule has 1 amide bonds. The van der Waals surface area contributed by atoms with Gasteiger partial charge in [0.1, 0.15) is 24.0 Å². The lowest BCUT2D eigenvalue weighted by atomic mass is 9.98. The summed E-state index contributed by atoms with van der Waals surface area (Å²) in [5, 5.41) is 16.5. The molecule has 2 fully saturated rings. The molecular weight excluding hydrogens is 693 g/mol. The molecule has 0 unspecified atom stereocenters. The number of nitro benzene ring substituents is 1. The number of piperazine rings is 1. The van der Waals surface area contributed by atoms with Gasteiger partial charge in [-0.3, -0.25) is 24.7 Å². The van der Waals surface area contributed by atoms with Crippen LogP contribution in [0.25, 0.3) is 11.0 Å². The number of nitro groups is 1. The SMILES string of the molecule is CC(C)N1CCN(C[C@H]2COc3cc(S(=O)(=O)c4cccc(C(N)=O)c4N4c5cc6cc[nH]c6nc5O[C@H]5COCC[C@@H]54)cc([N+](=O)[O-])c3N2)CC1. The highest BCUT2D eigenvalue weighted by Gasteiger charge is 2.44. The minimum absolute atomic E-state index is 0.0326. The molecule has 4 aliphatic rings. The number of rotatable bonds is 8. The topological polar surface area (TPSA) is 198 Å². The Bertz CT molecular complexity index is 2170. The number of primary amides is 1. The molecular formula is C35H40N8O8S. The third kappa shape index (κ3) is 5.96. The summed E-state index contributed by atoms with van der Waals surface area (Å²) in [6, 6.07) is 10.0. The van der Waals surface area contributed by atoms with Crippen molar-refractivity contribution in [1.29, 1.82) is 0 Å². The molecule has 2 aromatic carbocycles. The number of fused-ring (bicyclic) bond motifs is 4. The van der Waals surface area contributed by atoms with E-state index in [1.807, 2.05) is 12.1 Å². The van der Waals surface area contributed by atoms with Gasteiger partial charge in [0.25, 0.3) is 11.6 Å². The van der Waals surface area contributed by atoms with E-state index in [1.54, 1.807) is 11.1 Å². The van der Waals surface area contributed by atoms with Crippen molar-refractivity contribution in [3.05, 3.63) is 64.3 Å². The molecule has 0 saturated carbocycles. The van der Waals surface area contributed by atoms with Crippen LogP contribution in [-0.2, 0) is 14.6 Å². The van der Waals surface area contributed by atoms with Crippen LogP contribution in [0, 0.1) is 10.1 Å². The largest absolute Gasteiger partial charge is 0.489 e. The number of amides is 1. The normalized spacial score (nSPS) is 22.1. The number of nitrogens with one attached hydrogen (secondary N) is 2. The number of sulfone groups is 1. The third-order valence-corrected chi connectivity index (χ3v) is 12.1. The average Bonchev–Trinajstić information content (AvgIpc) is 3.59. The van der Waals surface area contributed by atoms with E-state index in [1.165, 1.54) is 24.3 Å². The number of H-pyrrole nitrogens is 1. The summed E-state index contributed by atoms with van der Waals surface area (Å²) >= 11 is 0. The lowest BCUT2D eigenvalue weighted by Crippen LogP contribution is -2.53. The van der Waals surface area contributed by atoms with Crippen LogP contribution in [-0.4, -0.2) is 116 Å². The van der Waals surface area contributed by atoms with E-state index in [-0.39, 0.29) is 57.6 Å². The van der Waals surface area contributed by atoms with Crippen LogP contribution < -0.4 is 25.4 Å². The van der Waals surface area contributed by atoms with Crippen LogP contribution in [0.3, 0.4) is 0 Å².